The van der Waals surface area contributed by atoms with Crippen LogP contribution in [0.1, 0.15) is 24.2 Å². The molecule has 5 nitrogen and oxygen atoms in total. The largest absolute Gasteiger partial charge is 0.352 e. The summed E-state index contributed by atoms with van der Waals surface area (Å²) in [6.07, 6.45) is 3.30. The van der Waals surface area contributed by atoms with Crippen molar-refractivity contribution in [1.29, 1.82) is 0 Å². The van der Waals surface area contributed by atoms with Crippen LogP contribution in [0, 0.1) is 5.92 Å². The summed E-state index contributed by atoms with van der Waals surface area (Å²) in [4.78, 5) is 16.8. The lowest BCUT2D eigenvalue weighted by molar-refractivity contribution is 0.0950. The third-order valence-electron chi connectivity index (χ3n) is 4.60. The second-order valence-electron chi connectivity index (χ2n) is 7.17. The van der Waals surface area contributed by atoms with Crippen LogP contribution in [0.2, 0.25) is 0 Å². The monoisotopic (exact) mass is 370 g/mol. The Hall–Kier alpha value is -3.47. The molecule has 0 spiro atoms. The van der Waals surface area contributed by atoms with Gasteiger partial charge in [0.05, 0.1) is 11.9 Å². The second-order valence-corrected chi connectivity index (χ2v) is 7.17. The molecule has 4 aromatic rings. The highest BCUT2D eigenvalue weighted by molar-refractivity contribution is 5.99. The molecule has 0 bridgehead atoms. The summed E-state index contributed by atoms with van der Waals surface area (Å²) in [5.74, 6) is 0.241. The fourth-order valence-corrected chi connectivity index (χ4v) is 3.13. The average Bonchev–Trinajstić information content (AvgIpc) is 3.17. The van der Waals surface area contributed by atoms with E-state index in [0.29, 0.717) is 23.7 Å². The van der Waals surface area contributed by atoms with Crippen molar-refractivity contribution in [1.82, 2.24) is 19.9 Å². The van der Waals surface area contributed by atoms with E-state index < -0.39 is 0 Å². The van der Waals surface area contributed by atoms with Gasteiger partial charge in [0.2, 0.25) is 0 Å². The highest BCUT2D eigenvalue weighted by Gasteiger charge is 2.16. The lowest BCUT2D eigenvalue weighted by atomic mass is 10.0. The molecule has 2 aromatic carbocycles. The molecule has 2 aromatic heterocycles. The molecule has 5 heteroatoms. The first kappa shape index (κ1) is 17.9. The molecule has 1 N–H and O–H groups in total. The molecule has 1 amide bonds. The molecule has 0 aliphatic rings. The molecule has 0 fully saturated rings. The summed E-state index contributed by atoms with van der Waals surface area (Å²) >= 11 is 0. The highest BCUT2D eigenvalue weighted by Crippen LogP contribution is 2.25. The van der Waals surface area contributed by atoms with E-state index in [-0.39, 0.29) is 5.91 Å². The quantitative estimate of drug-likeness (QED) is 0.565. The molecular formula is C23H22N4O. The number of rotatable bonds is 5. The number of hydrogen-bond donors (Lipinski definition) is 1. The molecule has 28 heavy (non-hydrogen) atoms. The fraction of sp³-hybridized carbons (Fsp3) is 0.174. The Labute approximate surface area is 164 Å². The predicted octanol–water partition coefficient (Wildman–Crippen LogP) is 4.45. The number of carbonyl (C=O) groups is 1. The third-order valence-corrected chi connectivity index (χ3v) is 4.60. The van der Waals surface area contributed by atoms with E-state index in [2.05, 4.69) is 65.6 Å². The van der Waals surface area contributed by atoms with Crippen LogP contribution in [0.25, 0.3) is 28.0 Å². The van der Waals surface area contributed by atoms with Crippen LogP contribution >= 0.6 is 0 Å². The van der Waals surface area contributed by atoms with Crippen LogP contribution in [0.4, 0.5) is 0 Å². The molecule has 0 atom stereocenters. The summed E-state index contributed by atoms with van der Waals surface area (Å²) in [6.45, 7) is 4.74. The number of benzene rings is 2. The van der Waals surface area contributed by atoms with Crippen LogP contribution in [-0.4, -0.2) is 27.0 Å². The third kappa shape index (κ3) is 3.51. The van der Waals surface area contributed by atoms with Gasteiger partial charge in [0.15, 0.2) is 5.65 Å². The van der Waals surface area contributed by atoms with Crippen molar-refractivity contribution in [3.63, 3.8) is 0 Å². The van der Waals surface area contributed by atoms with E-state index >= 15 is 0 Å². The summed E-state index contributed by atoms with van der Waals surface area (Å²) in [5.41, 5.74) is 5.30. The number of nitrogens with one attached hydrogen (secondary N) is 1. The molecule has 140 valence electrons. The van der Waals surface area contributed by atoms with Gasteiger partial charge in [-0.15, -0.1) is 0 Å². The van der Waals surface area contributed by atoms with Crippen molar-refractivity contribution < 1.29 is 4.79 Å². The summed E-state index contributed by atoms with van der Waals surface area (Å²) in [5, 5.41) is 7.35. The van der Waals surface area contributed by atoms with Crippen molar-refractivity contribution >= 4 is 11.6 Å². The lowest BCUT2D eigenvalue weighted by Crippen LogP contribution is -2.27. The van der Waals surface area contributed by atoms with E-state index in [9.17, 15) is 4.79 Å². The van der Waals surface area contributed by atoms with Crippen LogP contribution in [0.3, 0.4) is 0 Å². The lowest BCUT2D eigenvalue weighted by Gasteiger charge is -2.08. The van der Waals surface area contributed by atoms with Gasteiger partial charge in [0, 0.05) is 18.3 Å². The number of amides is 1. The summed E-state index contributed by atoms with van der Waals surface area (Å²) in [7, 11) is 0. The van der Waals surface area contributed by atoms with Crippen molar-refractivity contribution in [2.75, 3.05) is 6.54 Å². The number of fused-ring (bicyclic) bond motifs is 1. The van der Waals surface area contributed by atoms with Gasteiger partial charge in [-0.2, -0.15) is 5.10 Å². The Morgan fingerprint density at radius 1 is 0.964 bits per heavy atom. The number of nitrogens with zero attached hydrogens (tertiary/aromatic N) is 3. The summed E-state index contributed by atoms with van der Waals surface area (Å²) in [6, 6.07) is 20.5. The topological polar surface area (TPSA) is 59.3 Å². The van der Waals surface area contributed by atoms with Gasteiger partial charge in [-0.1, -0.05) is 68.4 Å². The van der Waals surface area contributed by atoms with E-state index in [1.165, 1.54) is 5.56 Å². The van der Waals surface area contributed by atoms with Crippen molar-refractivity contribution in [2.24, 2.45) is 5.92 Å². The Balaban J connectivity index is 1.67. The van der Waals surface area contributed by atoms with E-state index in [0.717, 1.165) is 16.8 Å². The maximum atomic E-state index is 12.5. The minimum absolute atomic E-state index is 0.146. The first-order valence-corrected chi connectivity index (χ1v) is 9.40. The molecule has 2 heterocycles. The smallest absolute Gasteiger partial charge is 0.256 e. The zero-order valence-electron chi connectivity index (χ0n) is 16.0. The summed E-state index contributed by atoms with van der Waals surface area (Å²) < 4.78 is 1.72. The molecular weight excluding hydrogens is 348 g/mol. The van der Waals surface area contributed by atoms with Crippen molar-refractivity contribution in [3.05, 3.63) is 78.6 Å². The van der Waals surface area contributed by atoms with Gasteiger partial charge in [-0.25, -0.2) is 9.50 Å². The Morgan fingerprint density at radius 3 is 2.36 bits per heavy atom. The van der Waals surface area contributed by atoms with Crippen molar-refractivity contribution in [2.45, 2.75) is 13.8 Å². The van der Waals surface area contributed by atoms with Crippen LogP contribution in [-0.2, 0) is 0 Å². The standard InChI is InChI=1S/C23H22N4O/c1-16(2)14-25-23(28)20-15-26-27-21(12-13-24-22(20)27)19-10-8-18(9-11-19)17-6-4-3-5-7-17/h3-13,15-16H,14H2,1-2H3,(H,25,28). The molecule has 0 aliphatic heterocycles. The first-order chi connectivity index (χ1) is 13.6. The minimum atomic E-state index is -0.146. The van der Waals surface area contributed by atoms with Crippen LogP contribution < -0.4 is 5.32 Å². The minimum Gasteiger partial charge on any atom is -0.352 e. The van der Waals surface area contributed by atoms with Crippen LogP contribution in [0.5, 0.6) is 0 Å². The zero-order chi connectivity index (χ0) is 19.5. The van der Waals surface area contributed by atoms with Gasteiger partial charge in [0.1, 0.15) is 5.56 Å². The molecule has 0 aliphatic carbocycles. The zero-order valence-corrected chi connectivity index (χ0v) is 16.0. The maximum absolute atomic E-state index is 12.5. The van der Waals surface area contributed by atoms with Gasteiger partial charge < -0.3 is 5.32 Å². The molecule has 0 unspecified atom stereocenters. The predicted molar refractivity (Wildman–Crippen MR) is 111 cm³/mol. The van der Waals surface area contributed by atoms with Crippen molar-refractivity contribution in [3.8, 4) is 22.4 Å². The number of carbonyl (C=O) groups excluding carboxylic acids is 1. The van der Waals surface area contributed by atoms with Gasteiger partial charge in [-0.05, 0) is 23.1 Å². The number of aromatic nitrogens is 3. The normalized spacial score (nSPS) is 11.1. The Kier molecular flexibility index (Phi) is 4.89. The second kappa shape index (κ2) is 7.64. The molecule has 0 radical (unpaired) electrons. The fourth-order valence-electron chi connectivity index (χ4n) is 3.13. The first-order valence-electron chi connectivity index (χ1n) is 9.40. The van der Waals surface area contributed by atoms with Gasteiger partial charge >= 0.3 is 0 Å². The van der Waals surface area contributed by atoms with E-state index in [1.807, 2.05) is 24.3 Å². The molecule has 0 saturated heterocycles. The molecule has 4 rings (SSSR count). The van der Waals surface area contributed by atoms with Gasteiger partial charge in [-0.3, -0.25) is 4.79 Å². The van der Waals surface area contributed by atoms with E-state index in [1.54, 1.807) is 16.9 Å². The Bertz CT molecular complexity index is 1100. The SMILES string of the molecule is CC(C)CNC(=O)c1cnn2c(-c3ccc(-c4ccccc4)cc3)ccnc12. The molecule has 0 saturated carbocycles. The van der Waals surface area contributed by atoms with E-state index in [4.69, 9.17) is 0 Å². The van der Waals surface area contributed by atoms with Crippen LogP contribution in [0.15, 0.2) is 73.1 Å². The van der Waals surface area contributed by atoms with Gasteiger partial charge in [0.25, 0.3) is 5.91 Å². The maximum Gasteiger partial charge on any atom is 0.256 e. The number of hydrogen-bond acceptors (Lipinski definition) is 3. The average molecular weight is 370 g/mol. The highest BCUT2D eigenvalue weighted by atomic mass is 16.1. The Morgan fingerprint density at radius 2 is 1.64 bits per heavy atom.